The van der Waals surface area contributed by atoms with E-state index < -0.39 is 5.60 Å². The summed E-state index contributed by atoms with van der Waals surface area (Å²) in [5.41, 5.74) is -0.414. The number of hydrogen-bond acceptors (Lipinski definition) is 2. The molecule has 0 spiro atoms. The Morgan fingerprint density at radius 2 is 2.07 bits per heavy atom. The third-order valence-electron chi connectivity index (χ3n) is 3.51. The van der Waals surface area contributed by atoms with Crippen molar-refractivity contribution in [2.45, 2.75) is 58.5 Å². The van der Waals surface area contributed by atoms with E-state index in [0.29, 0.717) is 0 Å². The first-order chi connectivity index (χ1) is 7.03. The predicted octanol–water partition coefficient (Wildman–Crippen LogP) is 2.66. The highest BCUT2D eigenvalue weighted by Gasteiger charge is 2.25. The zero-order valence-corrected chi connectivity index (χ0v) is 10.6. The predicted molar refractivity (Wildman–Crippen MR) is 65.0 cm³/mol. The highest BCUT2D eigenvalue weighted by atomic mass is 16.3. The molecule has 2 atom stereocenters. The second kappa shape index (κ2) is 5.86. The zero-order valence-electron chi connectivity index (χ0n) is 10.6. The molecule has 0 bridgehead atoms. The third kappa shape index (κ3) is 4.98. The molecule has 1 aliphatic heterocycles. The lowest BCUT2D eigenvalue weighted by molar-refractivity contribution is 0.0442. The van der Waals surface area contributed by atoms with E-state index in [-0.39, 0.29) is 0 Å². The maximum atomic E-state index is 9.98. The van der Waals surface area contributed by atoms with E-state index in [1.54, 1.807) is 0 Å². The first-order valence-electron chi connectivity index (χ1n) is 6.48. The van der Waals surface area contributed by atoms with Crippen LogP contribution in [0.4, 0.5) is 0 Å². The van der Waals surface area contributed by atoms with Crippen LogP contribution >= 0.6 is 0 Å². The summed E-state index contributed by atoms with van der Waals surface area (Å²) in [4.78, 5) is 2.53. The highest BCUT2D eigenvalue weighted by Crippen LogP contribution is 2.22. The van der Waals surface area contributed by atoms with Crippen molar-refractivity contribution in [3.8, 4) is 0 Å². The van der Waals surface area contributed by atoms with Crippen LogP contribution in [0.2, 0.25) is 0 Å². The smallest absolute Gasteiger partial charge is 0.0632 e. The van der Waals surface area contributed by atoms with Crippen molar-refractivity contribution in [3.63, 3.8) is 0 Å². The molecule has 0 aromatic rings. The molecule has 0 aromatic carbocycles. The molecule has 1 fully saturated rings. The van der Waals surface area contributed by atoms with Crippen LogP contribution < -0.4 is 0 Å². The average Bonchev–Trinajstić information content (AvgIpc) is 2.28. The topological polar surface area (TPSA) is 23.5 Å². The van der Waals surface area contributed by atoms with Gasteiger partial charge in [0.15, 0.2) is 0 Å². The Morgan fingerprint density at radius 3 is 2.73 bits per heavy atom. The minimum absolute atomic E-state index is 0.414. The molecule has 1 heterocycles. The van der Waals surface area contributed by atoms with Gasteiger partial charge in [0.2, 0.25) is 0 Å². The van der Waals surface area contributed by atoms with Gasteiger partial charge in [0.1, 0.15) is 0 Å². The van der Waals surface area contributed by atoms with Gasteiger partial charge in [-0.3, -0.25) is 0 Å². The number of likely N-dealkylation sites (tertiary alicyclic amines) is 1. The van der Waals surface area contributed by atoms with E-state index in [1.807, 2.05) is 6.92 Å². The molecule has 0 radical (unpaired) electrons. The van der Waals surface area contributed by atoms with Gasteiger partial charge in [-0.2, -0.15) is 0 Å². The first-order valence-corrected chi connectivity index (χ1v) is 6.48. The summed E-state index contributed by atoms with van der Waals surface area (Å²) in [6.07, 6.45) is 5.66. The van der Waals surface area contributed by atoms with Crippen molar-refractivity contribution < 1.29 is 5.11 Å². The Bertz CT molecular complexity index is 179. The SMILES string of the molecule is CCCC(C)CN1CCCC(C)(O)CC1. The Labute approximate surface area is 94.7 Å². The Morgan fingerprint density at radius 1 is 1.33 bits per heavy atom. The summed E-state index contributed by atoms with van der Waals surface area (Å²) in [6, 6.07) is 0. The molecule has 15 heavy (non-hydrogen) atoms. The van der Waals surface area contributed by atoms with Crippen molar-refractivity contribution >= 4 is 0 Å². The van der Waals surface area contributed by atoms with Gasteiger partial charge in [-0.05, 0) is 45.1 Å². The number of aliphatic hydroxyl groups is 1. The standard InChI is InChI=1S/C13H27NO/c1-4-6-12(2)11-14-9-5-7-13(3,15)8-10-14/h12,15H,4-11H2,1-3H3. The van der Waals surface area contributed by atoms with Crippen molar-refractivity contribution in [3.05, 3.63) is 0 Å². The summed E-state index contributed by atoms with van der Waals surface area (Å²) < 4.78 is 0. The highest BCUT2D eigenvalue weighted by molar-refractivity contribution is 4.79. The molecule has 1 saturated heterocycles. The molecule has 0 aliphatic carbocycles. The van der Waals surface area contributed by atoms with Crippen LogP contribution in [-0.2, 0) is 0 Å². The van der Waals surface area contributed by atoms with Crippen molar-refractivity contribution in [1.82, 2.24) is 4.90 Å². The van der Waals surface area contributed by atoms with Crippen LogP contribution in [0.1, 0.15) is 52.9 Å². The number of nitrogens with zero attached hydrogens (tertiary/aromatic N) is 1. The van der Waals surface area contributed by atoms with Gasteiger partial charge in [0.05, 0.1) is 5.60 Å². The number of hydrogen-bond donors (Lipinski definition) is 1. The lowest BCUT2D eigenvalue weighted by atomic mass is 9.98. The molecular weight excluding hydrogens is 186 g/mol. The monoisotopic (exact) mass is 213 g/mol. The van der Waals surface area contributed by atoms with Gasteiger partial charge in [0.25, 0.3) is 0 Å². The normalized spacial score (nSPS) is 31.2. The molecule has 1 rings (SSSR count). The quantitative estimate of drug-likeness (QED) is 0.776. The van der Waals surface area contributed by atoms with Crippen LogP contribution in [0.5, 0.6) is 0 Å². The van der Waals surface area contributed by atoms with E-state index in [2.05, 4.69) is 18.7 Å². The van der Waals surface area contributed by atoms with Gasteiger partial charge in [-0.25, -0.2) is 0 Å². The molecular formula is C13H27NO. The van der Waals surface area contributed by atoms with E-state index in [0.717, 1.165) is 31.7 Å². The van der Waals surface area contributed by atoms with Gasteiger partial charge in [0, 0.05) is 13.1 Å². The van der Waals surface area contributed by atoms with Gasteiger partial charge < -0.3 is 10.0 Å². The van der Waals surface area contributed by atoms with E-state index in [4.69, 9.17) is 0 Å². The Balaban J connectivity index is 2.31. The second-order valence-electron chi connectivity index (χ2n) is 5.54. The average molecular weight is 213 g/mol. The fourth-order valence-electron chi connectivity index (χ4n) is 2.53. The van der Waals surface area contributed by atoms with E-state index in [9.17, 15) is 5.11 Å². The van der Waals surface area contributed by atoms with Crippen molar-refractivity contribution in [1.29, 1.82) is 0 Å². The largest absolute Gasteiger partial charge is 0.390 e. The lowest BCUT2D eigenvalue weighted by Gasteiger charge is -2.24. The van der Waals surface area contributed by atoms with Crippen LogP contribution in [0.15, 0.2) is 0 Å². The Kier molecular flexibility index (Phi) is 5.07. The third-order valence-corrected chi connectivity index (χ3v) is 3.51. The fraction of sp³-hybridized carbons (Fsp3) is 1.00. The maximum Gasteiger partial charge on any atom is 0.0632 e. The summed E-state index contributed by atoms with van der Waals surface area (Å²) in [5, 5.41) is 9.98. The van der Waals surface area contributed by atoms with Crippen molar-refractivity contribution in [2.75, 3.05) is 19.6 Å². The molecule has 2 nitrogen and oxygen atoms in total. The molecule has 90 valence electrons. The van der Waals surface area contributed by atoms with Crippen LogP contribution in [-0.4, -0.2) is 35.2 Å². The summed E-state index contributed by atoms with van der Waals surface area (Å²) in [7, 11) is 0. The molecule has 2 heteroatoms. The molecule has 1 N–H and O–H groups in total. The molecule has 0 aromatic heterocycles. The van der Waals surface area contributed by atoms with Crippen LogP contribution in [0.25, 0.3) is 0 Å². The molecule has 2 unspecified atom stereocenters. The van der Waals surface area contributed by atoms with Crippen LogP contribution in [0.3, 0.4) is 0 Å². The maximum absolute atomic E-state index is 9.98. The first kappa shape index (κ1) is 13.0. The summed E-state index contributed by atoms with van der Waals surface area (Å²) in [5.74, 6) is 0.804. The van der Waals surface area contributed by atoms with Gasteiger partial charge in [-0.1, -0.05) is 20.3 Å². The second-order valence-corrected chi connectivity index (χ2v) is 5.54. The van der Waals surface area contributed by atoms with Gasteiger partial charge in [-0.15, -0.1) is 0 Å². The fourth-order valence-corrected chi connectivity index (χ4v) is 2.53. The van der Waals surface area contributed by atoms with Crippen LogP contribution in [0, 0.1) is 5.92 Å². The molecule has 0 amide bonds. The minimum Gasteiger partial charge on any atom is -0.390 e. The lowest BCUT2D eigenvalue weighted by Crippen LogP contribution is -2.31. The molecule has 1 aliphatic rings. The Hall–Kier alpha value is -0.0800. The van der Waals surface area contributed by atoms with Gasteiger partial charge >= 0.3 is 0 Å². The van der Waals surface area contributed by atoms with E-state index >= 15 is 0 Å². The summed E-state index contributed by atoms with van der Waals surface area (Å²) >= 11 is 0. The molecule has 0 saturated carbocycles. The summed E-state index contributed by atoms with van der Waals surface area (Å²) in [6.45, 7) is 10.0. The van der Waals surface area contributed by atoms with Crippen molar-refractivity contribution in [2.24, 2.45) is 5.92 Å². The van der Waals surface area contributed by atoms with E-state index in [1.165, 1.54) is 25.9 Å². The zero-order chi connectivity index (χ0) is 11.3. The number of rotatable bonds is 4. The minimum atomic E-state index is -0.414.